The molecule has 29 heavy (non-hydrogen) atoms. The van der Waals surface area contributed by atoms with Gasteiger partial charge in [0.25, 0.3) is 0 Å². The normalized spacial score (nSPS) is 21.0. The average molecular weight is 397 g/mol. The van der Waals surface area contributed by atoms with Gasteiger partial charge >= 0.3 is 6.01 Å². The fourth-order valence-electron chi connectivity index (χ4n) is 3.41. The molecule has 3 unspecified atom stereocenters. The summed E-state index contributed by atoms with van der Waals surface area (Å²) in [5, 5.41) is 13.8. The number of aliphatic hydroxyl groups is 1. The van der Waals surface area contributed by atoms with Crippen LogP contribution in [0, 0.1) is 0 Å². The molecule has 1 saturated heterocycles. The van der Waals surface area contributed by atoms with Gasteiger partial charge < -0.3 is 24.1 Å². The molecule has 1 fully saturated rings. The van der Waals surface area contributed by atoms with Gasteiger partial charge in [-0.05, 0) is 31.1 Å². The van der Waals surface area contributed by atoms with Crippen molar-refractivity contribution in [1.82, 2.24) is 15.3 Å². The highest BCUT2D eigenvalue weighted by molar-refractivity contribution is 5.45. The Morgan fingerprint density at radius 1 is 1.21 bits per heavy atom. The van der Waals surface area contributed by atoms with E-state index >= 15 is 0 Å². The first kappa shape index (κ1) is 19.2. The average Bonchev–Trinajstić information content (AvgIpc) is 3.17. The molecule has 0 amide bonds. The summed E-state index contributed by atoms with van der Waals surface area (Å²) in [5.74, 6) is 1.97. The van der Waals surface area contributed by atoms with Crippen molar-refractivity contribution >= 4 is 0 Å². The number of rotatable bonds is 6. The number of nitrogens with zero attached hydrogens (tertiary/aromatic N) is 2. The summed E-state index contributed by atoms with van der Waals surface area (Å²) >= 11 is 0. The minimum atomic E-state index is -0.713. The monoisotopic (exact) mass is 397 g/mol. The van der Waals surface area contributed by atoms with Crippen LogP contribution in [-0.4, -0.2) is 35.3 Å². The van der Waals surface area contributed by atoms with Crippen LogP contribution in [0.5, 0.6) is 23.5 Å². The van der Waals surface area contributed by atoms with Gasteiger partial charge in [0, 0.05) is 0 Å². The van der Waals surface area contributed by atoms with Gasteiger partial charge in [-0.1, -0.05) is 24.3 Å². The first-order valence-electron chi connectivity index (χ1n) is 9.34. The van der Waals surface area contributed by atoms with Gasteiger partial charge in [-0.2, -0.15) is 9.97 Å². The summed E-state index contributed by atoms with van der Waals surface area (Å²) in [6, 6.07) is 7.16. The highest BCUT2D eigenvalue weighted by Gasteiger charge is 2.35. The number of hydrogen-bond acceptors (Lipinski definition) is 8. The van der Waals surface area contributed by atoms with Gasteiger partial charge in [0.1, 0.15) is 11.5 Å². The lowest BCUT2D eigenvalue weighted by Gasteiger charge is -2.21. The fraction of sp³-hybridized carbons (Fsp3) is 0.333. The maximum atomic E-state index is 10.3. The fourth-order valence-corrected chi connectivity index (χ4v) is 3.41. The van der Waals surface area contributed by atoms with Crippen LogP contribution in [0.1, 0.15) is 36.8 Å². The molecule has 0 bridgehead atoms. The van der Waals surface area contributed by atoms with E-state index in [9.17, 15) is 5.11 Å². The zero-order valence-corrected chi connectivity index (χ0v) is 16.5. The van der Waals surface area contributed by atoms with E-state index in [-0.39, 0.29) is 12.1 Å². The van der Waals surface area contributed by atoms with Crippen molar-refractivity contribution in [2.45, 2.75) is 31.7 Å². The SMILES string of the molecule is COc1cc(OC)nc(Oc2cccc(C(C)O)c2C2NC3CC=CC=C3O2)n1. The number of allylic oxidation sites excluding steroid dienone is 2. The summed E-state index contributed by atoms with van der Waals surface area (Å²) in [7, 11) is 3.01. The highest BCUT2D eigenvalue weighted by atomic mass is 16.5. The molecule has 0 radical (unpaired) electrons. The zero-order valence-electron chi connectivity index (χ0n) is 16.5. The lowest BCUT2D eigenvalue weighted by Crippen LogP contribution is -2.26. The molecule has 0 saturated carbocycles. The Hall–Kier alpha value is -3.10. The Kier molecular flexibility index (Phi) is 5.37. The van der Waals surface area contributed by atoms with E-state index in [4.69, 9.17) is 18.9 Å². The molecular weight excluding hydrogens is 374 g/mol. The van der Waals surface area contributed by atoms with E-state index in [0.29, 0.717) is 28.6 Å². The van der Waals surface area contributed by atoms with E-state index in [1.807, 2.05) is 18.2 Å². The summed E-state index contributed by atoms with van der Waals surface area (Å²) in [4.78, 5) is 8.46. The number of ether oxygens (including phenoxy) is 4. The molecule has 1 aliphatic heterocycles. The molecule has 1 aromatic heterocycles. The number of hydrogen-bond donors (Lipinski definition) is 2. The summed E-state index contributed by atoms with van der Waals surface area (Å²) in [5.41, 5.74) is 1.39. The van der Waals surface area contributed by atoms with Crippen LogP contribution in [-0.2, 0) is 4.74 Å². The standard InChI is InChI=1S/C21H23N3O5/c1-12(25)13-7-6-10-16(29-21-23-17(26-2)11-18(24-21)27-3)19(13)20-22-14-8-4-5-9-15(14)28-20/h4-7,9-12,14,20,22,25H,8H2,1-3H3. The van der Waals surface area contributed by atoms with Crippen molar-refractivity contribution in [1.29, 1.82) is 0 Å². The molecule has 3 atom stereocenters. The summed E-state index contributed by atoms with van der Waals surface area (Å²) in [6.07, 6.45) is 5.66. The van der Waals surface area contributed by atoms with Gasteiger partial charge in [-0.3, -0.25) is 5.32 Å². The van der Waals surface area contributed by atoms with Gasteiger partial charge in [-0.25, -0.2) is 0 Å². The smallest absolute Gasteiger partial charge is 0.328 e. The topological polar surface area (TPSA) is 95.0 Å². The number of methoxy groups -OCH3 is 2. The first-order valence-corrected chi connectivity index (χ1v) is 9.34. The van der Waals surface area contributed by atoms with Gasteiger partial charge in [0.15, 0.2) is 6.23 Å². The second kappa shape index (κ2) is 8.10. The molecule has 2 aromatic rings. The van der Waals surface area contributed by atoms with Crippen LogP contribution in [0.2, 0.25) is 0 Å². The molecule has 0 spiro atoms. The van der Waals surface area contributed by atoms with Crippen LogP contribution in [0.25, 0.3) is 0 Å². The van der Waals surface area contributed by atoms with Gasteiger partial charge in [-0.15, -0.1) is 0 Å². The van der Waals surface area contributed by atoms with Gasteiger partial charge in [0.2, 0.25) is 11.8 Å². The van der Waals surface area contributed by atoms with Crippen molar-refractivity contribution in [2.75, 3.05) is 14.2 Å². The Morgan fingerprint density at radius 3 is 2.62 bits per heavy atom. The van der Waals surface area contributed by atoms with Crippen LogP contribution in [0.4, 0.5) is 0 Å². The quantitative estimate of drug-likeness (QED) is 0.768. The third kappa shape index (κ3) is 3.90. The predicted octanol–water partition coefficient (Wildman–Crippen LogP) is 3.17. The molecular formula is C21H23N3O5. The second-order valence-corrected chi connectivity index (χ2v) is 6.72. The third-order valence-corrected chi connectivity index (χ3v) is 4.81. The van der Waals surface area contributed by atoms with Crippen LogP contribution in [0.3, 0.4) is 0 Å². The highest BCUT2D eigenvalue weighted by Crippen LogP contribution is 2.40. The lowest BCUT2D eigenvalue weighted by atomic mass is 10.0. The van der Waals surface area contributed by atoms with E-state index in [1.54, 1.807) is 25.1 Å². The number of aromatic nitrogens is 2. The Morgan fingerprint density at radius 2 is 1.97 bits per heavy atom. The lowest BCUT2D eigenvalue weighted by molar-refractivity contribution is 0.136. The van der Waals surface area contributed by atoms with E-state index in [1.165, 1.54) is 14.2 Å². The molecule has 152 valence electrons. The minimum absolute atomic E-state index is 0.0708. The first-order chi connectivity index (χ1) is 14.1. The molecule has 1 aliphatic carbocycles. The number of benzene rings is 1. The van der Waals surface area contributed by atoms with E-state index in [2.05, 4.69) is 21.4 Å². The second-order valence-electron chi connectivity index (χ2n) is 6.72. The maximum Gasteiger partial charge on any atom is 0.328 e. The summed E-state index contributed by atoms with van der Waals surface area (Å²) in [6.45, 7) is 1.70. The third-order valence-electron chi connectivity index (χ3n) is 4.81. The molecule has 1 aromatic carbocycles. The molecule has 4 rings (SSSR count). The molecule has 2 N–H and O–H groups in total. The van der Waals surface area contributed by atoms with Crippen LogP contribution >= 0.6 is 0 Å². The number of fused-ring (bicyclic) bond motifs is 1. The van der Waals surface area contributed by atoms with Crippen LogP contribution < -0.4 is 19.5 Å². The Balaban J connectivity index is 1.72. The maximum absolute atomic E-state index is 10.3. The van der Waals surface area contributed by atoms with Crippen molar-refractivity contribution in [2.24, 2.45) is 0 Å². The Labute approximate surface area is 168 Å². The summed E-state index contributed by atoms with van der Waals surface area (Å²) < 4.78 is 22.5. The van der Waals surface area contributed by atoms with Crippen molar-refractivity contribution < 1.29 is 24.1 Å². The van der Waals surface area contributed by atoms with E-state index < -0.39 is 12.3 Å². The van der Waals surface area contributed by atoms with E-state index in [0.717, 1.165) is 12.2 Å². The van der Waals surface area contributed by atoms with Crippen molar-refractivity contribution in [3.63, 3.8) is 0 Å². The van der Waals surface area contributed by atoms with Crippen LogP contribution in [0.15, 0.2) is 48.3 Å². The zero-order chi connectivity index (χ0) is 20.4. The largest absolute Gasteiger partial charge is 0.481 e. The Bertz CT molecular complexity index is 935. The van der Waals surface area contributed by atoms with Crippen molar-refractivity contribution in [3.05, 3.63) is 59.4 Å². The van der Waals surface area contributed by atoms with Crippen molar-refractivity contribution in [3.8, 4) is 23.5 Å². The van der Waals surface area contributed by atoms with Gasteiger partial charge in [0.05, 0.1) is 38.0 Å². The molecule has 2 aliphatic rings. The molecule has 8 nitrogen and oxygen atoms in total. The minimum Gasteiger partial charge on any atom is -0.481 e. The number of aliphatic hydroxyl groups excluding tert-OH is 1. The number of nitrogens with one attached hydrogen (secondary N) is 1. The molecule has 8 heteroatoms. The molecule has 2 heterocycles. The predicted molar refractivity (Wildman–Crippen MR) is 105 cm³/mol.